The predicted molar refractivity (Wildman–Crippen MR) is 83.2 cm³/mol. The number of anilines is 1. The van der Waals surface area contributed by atoms with Gasteiger partial charge in [-0.1, -0.05) is 43.7 Å². The quantitative estimate of drug-likeness (QED) is 0.909. The van der Waals surface area contributed by atoms with Crippen LogP contribution in [0.15, 0.2) is 35.1 Å². The van der Waals surface area contributed by atoms with Crippen LogP contribution in [-0.4, -0.2) is 24.1 Å². The Labute approximate surface area is 119 Å². The Hall–Kier alpha value is -2.10. The number of nitrogens with one attached hydrogen (secondary N) is 1. The third-order valence-electron chi connectivity index (χ3n) is 3.25. The molecule has 0 unspecified atom stereocenters. The molecule has 0 aliphatic rings. The molecule has 1 aromatic carbocycles. The van der Waals surface area contributed by atoms with Gasteiger partial charge in [0.25, 0.3) is 5.56 Å². The summed E-state index contributed by atoms with van der Waals surface area (Å²) in [6, 6.07) is 9.90. The van der Waals surface area contributed by atoms with Crippen molar-refractivity contribution < 1.29 is 0 Å². The molecule has 20 heavy (non-hydrogen) atoms. The molecule has 1 N–H and O–H groups in total. The summed E-state index contributed by atoms with van der Waals surface area (Å²) in [6.07, 6.45) is 2.81. The van der Waals surface area contributed by atoms with Crippen LogP contribution in [-0.2, 0) is 6.42 Å². The highest BCUT2D eigenvalue weighted by molar-refractivity contribution is 5.64. The second kappa shape index (κ2) is 6.37. The second-order valence-electron chi connectivity index (χ2n) is 5.08. The van der Waals surface area contributed by atoms with E-state index in [1.165, 1.54) is 0 Å². The standard InChI is InChI=1S/C16H21N3O/c1-4-5-11-13-14(12-9-7-6-8-10-12)17-16(19(2)3)18-15(13)20/h6-10H,4-5,11H2,1-3H3,(H,17,18,20). The molecule has 2 rings (SSSR count). The highest BCUT2D eigenvalue weighted by Gasteiger charge is 2.13. The molecule has 0 amide bonds. The largest absolute Gasteiger partial charge is 0.348 e. The molecule has 0 radical (unpaired) electrons. The van der Waals surface area contributed by atoms with Crippen LogP contribution in [0.2, 0.25) is 0 Å². The number of aromatic amines is 1. The van der Waals surface area contributed by atoms with Crippen molar-refractivity contribution in [2.24, 2.45) is 0 Å². The molecular formula is C16H21N3O. The van der Waals surface area contributed by atoms with Crippen molar-refractivity contribution in [2.45, 2.75) is 26.2 Å². The first-order valence-corrected chi connectivity index (χ1v) is 6.99. The molecule has 0 atom stereocenters. The maximum Gasteiger partial charge on any atom is 0.256 e. The fourth-order valence-corrected chi connectivity index (χ4v) is 2.12. The summed E-state index contributed by atoms with van der Waals surface area (Å²) in [7, 11) is 3.75. The van der Waals surface area contributed by atoms with E-state index < -0.39 is 0 Å². The van der Waals surface area contributed by atoms with Crippen LogP contribution in [0, 0.1) is 0 Å². The molecule has 4 heteroatoms. The topological polar surface area (TPSA) is 49.0 Å². The lowest BCUT2D eigenvalue weighted by atomic mass is 10.0. The summed E-state index contributed by atoms with van der Waals surface area (Å²) < 4.78 is 0. The summed E-state index contributed by atoms with van der Waals surface area (Å²) in [5, 5.41) is 0. The van der Waals surface area contributed by atoms with Crippen LogP contribution in [0.1, 0.15) is 25.3 Å². The summed E-state index contributed by atoms with van der Waals surface area (Å²) in [5.74, 6) is 0.592. The van der Waals surface area contributed by atoms with Gasteiger partial charge < -0.3 is 4.90 Å². The van der Waals surface area contributed by atoms with Crippen LogP contribution in [0.4, 0.5) is 5.95 Å². The molecule has 0 aliphatic heterocycles. The van der Waals surface area contributed by atoms with Crippen molar-refractivity contribution in [3.63, 3.8) is 0 Å². The van der Waals surface area contributed by atoms with Gasteiger partial charge in [0, 0.05) is 25.2 Å². The van der Waals surface area contributed by atoms with E-state index >= 15 is 0 Å². The van der Waals surface area contributed by atoms with Crippen LogP contribution in [0.5, 0.6) is 0 Å². The van der Waals surface area contributed by atoms with E-state index in [0.29, 0.717) is 5.95 Å². The van der Waals surface area contributed by atoms with E-state index in [4.69, 9.17) is 0 Å². The molecule has 0 bridgehead atoms. The van der Waals surface area contributed by atoms with Gasteiger partial charge in [-0.05, 0) is 12.8 Å². The summed E-state index contributed by atoms with van der Waals surface area (Å²) in [5.41, 5.74) is 2.54. The van der Waals surface area contributed by atoms with Gasteiger partial charge >= 0.3 is 0 Å². The maximum absolute atomic E-state index is 12.3. The number of unbranched alkanes of at least 4 members (excludes halogenated alkanes) is 1. The third kappa shape index (κ3) is 3.07. The Balaban J connectivity index is 2.58. The maximum atomic E-state index is 12.3. The molecule has 4 nitrogen and oxygen atoms in total. The Morgan fingerprint density at radius 1 is 1.20 bits per heavy atom. The van der Waals surface area contributed by atoms with Crippen LogP contribution in [0.3, 0.4) is 0 Å². The van der Waals surface area contributed by atoms with Crippen LogP contribution < -0.4 is 10.5 Å². The van der Waals surface area contributed by atoms with Crippen molar-refractivity contribution in [2.75, 3.05) is 19.0 Å². The average Bonchev–Trinajstić information content (AvgIpc) is 2.46. The molecule has 0 saturated heterocycles. The van der Waals surface area contributed by atoms with Gasteiger partial charge in [0.15, 0.2) is 0 Å². The first kappa shape index (κ1) is 14.3. The third-order valence-corrected chi connectivity index (χ3v) is 3.25. The van der Waals surface area contributed by atoms with Crippen molar-refractivity contribution in [1.82, 2.24) is 9.97 Å². The minimum atomic E-state index is -0.0315. The Kier molecular flexibility index (Phi) is 4.56. The summed E-state index contributed by atoms with van der Waals surface area (Å²) in [4.78, 5) is 21.6. The minimum Gasteiger partial charge on any atom is -0.348 e. The predicted octanol–water partition coefficient (Wildman–Crippen LogP) is 2.85. The zero-order valence-electron chi connectivity index (χ0n) is 12.3. The summed E-state index contributed by atoms with van der Waals surface area (Å²) >= 11 is 0. The fraction of sp³-hybridized carbons (Fsp3) is 0.375. The number of rotatable bonds is 5. The van der Waals surface area contributed by atoms with E-state index in [1.807, 2.05) is 49.3 Å². The second-order valence-corrected chi connectivity index (χ2v) is 5.08. The number of nitrogens with zero attached hydrogens (tertiary/aromatic N) is 2. The van der Waals surface area contributed by atoms with Crippen molar-refractivity contribution in [1.29, 1.82) is 0 Å². The Morgan fingerprint density at radius 2 is 1.90 bits per heavy atom. The van der Waals surface area contributed by atoms with Gasteiger partial charge in [0.2, 0.25) is 5.95 Å². The number of hydrogen-bond acceptors (Lipinski definition) is 3. The lowest BCUT2D eigenvalue weighted by Gasteiger charge is -2.15. The van der Waals surface area contributed by atoms with E-state index in [-0.39, 0.29) is 5.56 Å². The fourth-order valence-electron chi connectivity index (χ4n) is 2.12. The van der Waals surface area contributed by atoms with Gasteiger partial charge in [-0.15, -0.1) is 0 Å². The SMILES string of the molecule is CCCCc1c(-c2ccccc2)nc(N(C)C)[nH]c1=O. The number of hydrogen-bond donors (Lipinski definition) is 1. The highest BCUT2D eigenvalue weighted by Crippen LogP contribution is 2.21. The van der Waals surface area contributed by atoms with Gasteiger partial charge in [-0.3, -0.25) is 9.78 Å². The van der Waals surface area contributed by atoms with Gasteiger partial charge in [-0.25, -0.2) is 4.98 Å². The van der Waals surface area contributed by atoms with Gasteiger partial charge in [0.05, 0.1) is 5.69 Å². The average molecular weight is 271 g/mol. The smallest absolute Gasteiger partial charge is 0.256 e. The zero-order valence-corrected chi connectivity index (χ0v) is 12.3. The van der Waals surface area contributed by atoms with Crippen LogP contribution >= 0.6 is 0 Å². The molecule has 106 valence electrons. The highest BCUT2D eigenvalue weighted by atomic mass is 16.1. The first-order valence-electron chi connectivity index (χ1n) is 6.99. The monoisotopic (exact) mass is 271 g/mol. The molecule has 2 aromatic rings. The van der Waals surface area contributed by atoms with Crippen molar-refractivity contribution >= 4 is 5.95 Å². The van der Waals surface area contributed by atoms with E-state index in [1.54, 1.807) is 0 Å². The molecule has 1 heterocycles. The number of benzene rings is 1. The Bertz CT molecular complexity index is 617. The first-order chi connectivity index (χ1) is 9.63. The number of H-pyrrole nitrogens is 1. The Morgan fingerprint density at radius 3 is 2.50 bits per heavy atom. The molecule has 0 fully saturated rings. The molecular weight excluding hydrogens is 250 g/mol. The molecule has 0 saturated carbocycles. The van der Waals surface area contributed by atoms with Crippen molar-refractivity contribution in [3.05, 3.63) is 46.2 Å². The molecule has 0 aliphatic carbocycles. The lowest BCUT2D eigenvalue weighted by molar-refractivity contribution is 0.781. The lowest BCUT2D eigenvalue weighted by Crippen LogP contribution is -2.22. The summed E-state index contributed by atoms with van der Waals surface area (Å²) in [6.45, 7) is 2.12. The van der Waals surface area contributed by atoms with Crippen LogP contribution in [0.25, 0.3) is 11.3 Å². The van der Waals surface area contributed by atoms with Gasteiger partial charge in [0.1, 0.15) is 0 Å². The minimum absolute atomic E-state index is 0.0315. The van der Waals surface area contributed by atoms with E-state index in [2.05, 4.69) is 16.9 Å². The zero-order chi connectivity index (χ0) is 14.5. The molecule has 0 spiro atoms. The van der Waals surface area contributed by atoms with E-state index in [9.17, 15) is 4.79 Å². The van der Waals surface area contributed by atoms with Crippen molar-refractivity contribution in [3.8, 4) is 11.3 Å². The molecule has 1 aromatic heterocycles. The number of aromatic nitrogens is 2. The normalized spacial score (nSPS) is 10.6. The van der Waals surface area contributed by atoms with E-state index in [0.717, 1.165) is 36.1 Å². The van der Waals surface area contributed by atoms with Gasteiger partial charge in [-0.2, -0.15) is 0 Å².